The van der Waals surface area contributed by atoms with E-state index in [4.69, 9.17) is 0 Å². The molecule has 1 aliphatic heterocycles. The topological polar surface area (TPSA) is 79.3 Å². The summed E-state index contributed by atoms with van der Waals surface area (Å²) in [5, 5.41) is 10.1. The normalized spacial score (nSPS) is 21.0. The van der Waals surface area contributed by atoms with Gasteiger partial charge in [0.25, 0.3) is 0 Å². The van der Waals surface area contributed by atoms with Crippen LogP contribution in [0.2, 0.25) is 0 Å². The van der Waals surface area contributed by atoms with E-state index < -0.39 is 0 Å². The summed E-state index contributed by atoms with van der Waals surface area (Å²) in [6.45, 7) is 5.19. The fourth-order valence-electron chi connectivity index (χ4n) is 3.33. The van der Waals surface area contributed by atoms with Crippen molar-refractivity contribution in [1.82, 2.24) is 25.3 Å². The lowest BCUT2D eigenvalue weighted by Gasteiger charge is -2.25. The molecule has 0 unspecified atom stereocenters. The van der Waals surface area contributed by atoms with Crippen LogP contribution in [-0.2, 0) is 16.1 Å². The van der Waals surface area contributed by atoms with Crippen LogP contribution in [0.3, 0.4) is 0 Å². The van der Waals surface area contributed by atoms with E-state index in [-0.39, 0.29) is 17.9 Å². The van der Waals surface area contributed by atoms with Gasteiger partial charge < -0.3 is 10.6 Å². The van der Waals surface area contributed by atoms with Crippen LogP contribution < -0.4 is 10.6 Å². The summed E-state index contributed by atoms with van der Waals surface area (Å²) >= 11 is 0. The number of hydrogen-bond donors (Lipinski definition) is 2. The molecule has 0 saturated carbocycles. The van der Waals surface area contributed by atoms with Crippen LogP contribution in [0.15, 0.2) is 6.07 Å². The first-order valence-corrected chi connectivity index (χ1v) is 8.61. The van der Waals surface area contributed by atoms with Crippen LogP contribution in [0.5, 0.6) is 0 Å². The molecule has 2 N–H and O–H groups in total. The van der Waals surface area contributed by atoms with Crippen LogP contribution >= 0.6 is 0 Å². The molecule has 134 valence electrons. The highest BCUT2D eigenvalue weighted by Crippen LogP contribution is 2.24. The molecular formula is C17H29N5O2. The summed E-state index contributed by atoms with van der Waals surface area (Å²) in [5.74, 6) is 0.118. The van der Waals surface area contributed by atoms with Gasteiger partial charge in [0, 0.05) is 50.8 Å². The van der Waals surface area contributed by atoms with Gasteiger partial charge in [-0.15, -0.1) is 0 Å². The summed E-state index contributed by atoms with van der Waals surface area (Å²) < 4.78 is 1.87. The molecule has 0 aromatic carbocycles. The molecule has 0 aliphatic carbocycles. The first-order chi connectivity index (χ1) is 11.4. The largest absolute Gasteiger partial charge is 0.359 e. The minimum Gasteiger partial charge on any atom is -0.359 e. The molecule has 1 saturated heterocycles. The standard InChI is InChI=1S/C17H29N5O2/c1-12-9-13(2)22(20-12)8-7-16(23)19-11-15-6-5-14(21(15)4)10-17(24)18-3/h9,14-15H,5-8,10-11H2,1-4H3,(H,18,24)(H,19,23)/t14-,15+/m1/s1. The third-order valence-electron chi connectivity index (χ3n) is 4.87. The Morgan fingerprint density at radius 2 is 1.96 bits per heavy atom. The molecular weight excluding hydrogens is 306 g/mol. The van der Waals surface area contributed by atoms with Gasteiger partial charge >= 0.3 is 0 Å². The number of nitrogens with zero attached hydrogens (tertiary/aromatic N) is 3. The fraction of sp³-hybridized carbons (Fsp3) is 0.706. The molecule has 2 atom stereocenters. The SMILES string of the molecule is CNC(=O)C[C@H]1CC[C@@H](CNC(=O)CCn2nc(C)cc2C)N1C. The van der Waals surface area contributed by atoms with E-state index >= 15 is 0 Å². The van der Waals surface area contributed by atoms with Crippen LogP contribution in [0.1, 0.15) is 37.1 Å². The van der Waals surface area contributed by atoms with E-state index in [1.165, 1.54) is 0 Å². The van der Waals surface area contributed by atoms with E-state index in [2.05, 4.69) is 20.6 Å². The zero-order chi connectivity index (χ0) is 17.7. The third-order valence-corrected chi connectivity index (χ3v) is 4.87. The zero-order valence-corrected chi connectivity index (χ0v) is 15.1. The number of nitrogens with one attached hydrogen (secondary N) is 2. The Hall–Kier alpha value is -1.89. The highest BCUT2D eigenvalue weighted by Gasteiger charge is 2.31. The van der Waals surface area contributed by atoms with E-state index in [9.17, 15) is 9.59 Å². The number of hydrogen-bond acceptors (Lipinski definition) is 4. The van der Waals surface area contributed by atoms with Crippen LogP contribution in [0.25, 0.3) is 0 Å². The minimum absolute atomic E-state index is 0.0469. The lowest BCUT2D eigenvalue weighted by Crippen LogP contribution is -2.42. The summed E-state index contributed by atoms with van der Waals surface area (Å²) in [7, 11) is 3.70. The molecule has 1 aromatic rings. The zero-order valence-electron chi connectivity index (χ0n) is 15.1. The molecule has 7 nitrogen and oxygen atoms in total. The number of carbonyl (C=O) groups excluding carboxylic acids is 2. The fourth-order valence-corrected chi connectivity index (χ4v) is 3.33. The second-order valence-corrected chi connectivity index (χ2v) is 6.63. The van der Waals surface area contributed by atoms with Gasteiger partial charge in [-0.3, -0.25) is 19.2 Å². The molecule has 1 aromatic heterocycles. The Bertz CT molecular complexity index is 584. The van der Waals surface area contributed by atoms with E-state index in [0.717, 1.165) is 24.2 Å². The Morgan fingerprint density at radius 3 is 2.58 bits per heavy atom. The highest BCUT2D eigenvalue weighted by molar-refractivity contribution is 5.76. The van der Waals surface area contributed by atoms with Crippen molar-refractivity contribution >= 4 is 11.8 Å². The van der Waals surface area contributed by atoms with E-state index in [1.54, 1.807) is 7.05 Å². The maximum absolute atomic E-state index is 12.1. The number of carbonyl (C=O) groups is 2. The highest BCUT2D eigenvalue weighted by atomic mass is 16.2. The minimum atomic E-state index is 0.0469. The maximum Gasteiger partial charge on any atom is 0.221 e. The summed E-state index contributed by atoms with van der Waals surface area (Å²) in [6, 6.07) is 2.58. The van der Waals surface area contributed by atoms with Crippen LogP contribution in [0.4, 0.5) is 0 Å². The number of aromatic nitrogens is 2. The van der Waals surface area contributed by atoms with Gasteiger partial charge in [0.15, 0.2) is 0 Å². The first-order valence-electron chi connectivity index (χ1n) is 8.61. The molecule has 1 aliphatic rings. The monoisotopic (exact) mass is 335 g/mol. The number of likely N-dealkylation sites (N-methyl/N-ethyl adjacent to an activating group) is 1. The van der Waals surface area contributed by atoms with Crippen molar-refractivity contribution < 1.29 is 9.59 Å². The molecule has 2 rings (SSSR count). The van der Waals surface area contributed by atoms with Crippen molar-refractivity contribution in [2.75, 3.05) is 20.6 Å². The second-order valence-electron chi connectivity index (χ2n) is 6.63. The van der Waals surface area contributed by atoms with Crippen LogP contribution in [-0.4, -0.2) is 59.2 Å². The Kier molecular flexibility index (Phi) is 6.36. The lowest BCUT2D eigenvalue weighted by molar-refractivity contribution is -0.122. The van der Waals surface area contributed by atoms with Gasteiger partial charge in [0.2, 0.25) is 11.8 Å². The number of rotatable bonds is 7. The van der Waals surface area contributed by atoms with Crippen molar-refractivity contribution in [3.63, 3.8) is 0 Å². The van der Waals surface area contributed by atoms with Crippen molar-refractivity contribution in [2.45, 2.75) is 58.2 Å². The average molecular weight is 335 g/mol. The molecule has 0 bridgehead atoms. The molecule has 7 heteroatoms. The Balaban J connectivity index is 1.72. The van der Waals surface area contributed by atoms with Crippen molar-refractivity contribution in [2.24, 2.45) is 0 Å². The molecule has 2 heterocycles. The van der Waals surface area contributed by atoms with Crippen molar-refractivity contribution in [3.8, 4) is 0 Å². The first kappa shape index (κ1) is 18.4. The average Bonchev–Trinajstić information content (AvgIpc) is 3.05. The molecule has 24 heavy (non-hydrogen) atoms. The van der Waals surface area contributed by atoms with Gasteiger partial charge in [0.1, 0.15) is 0 Å². The third kappa shape index (κ3) is 4.80. The quantitative estimate of drug-likeness (QED) is 0.765. The number of amides is 2. The predicted molar refractivity (Wildman–Crippen MR) is 92.6 cm³/mol. The van der Waals surface area contributed by atoms with E-state index in [1.807, 2.05) is 31.6 Å². The van der Waals surface area contributed by atoms with Crippen LogP contribution in [0, 0.1) is 13.8 Å². The molecule has 0 radical (unpaired) electrons. The summed E-state index contributed by atoms with van der Waals surface area (Å²) in [4.78, 5) is 25.8. The van der Waals surface area contributed by atoms with Gasteiger partial charge in [-0.1, -0.05) is 0 Å². The van der Waals surface area contributed by atoms with Gasteiger partial charge in [-0.25, -0.2) is 0 Å². The molecule has 2 amide bonds. The van der Waals surface area contributed by atoms with Gasteiger partial charge in [-0.2, -0.15) is 5.10 Å². The second kappa shape index (κ2) is 8.28. The maximum atomic E-state index is 12.1. The van der Waals surface area contributed by atoms with E-state index in [0.29, 0.717) is 32.0 Å². The Morgan fingerprint density at radius 1 is 1.25 bits per heavy atom. The smallest absolute Gasteiger partial charge is 0.221 e. The number of aryl methyl sites for hydroxylation is 3. The lowest BCUT2D eigenvalue weighted by atomic mass is 10.1. The van der Waals surface area contributed by atoms with Crippen molar-refractivity contribution in [3.05, 3.63) is 17.5 Å². The van der Waals surface area contributed by atoms with Gasteiger partial charge in [0.05, 0.1) is 5.69 Å². The summed E-state index contributed by atoms with van der Waals surface area (Å²) in [5.41, 5.74) is 2.05. The molecule has 0 spiro atoms. The van der Waals surface area contributed by atoms with Gasteiger partial charge in [-0.05, 0) is 39.8 Å². The Labute approximate surface area is 143 Å². The predicted octanol–water partition coefficient (Wildman–Crippen LogP) is 0.605. The molecule has 1 fully saturated rings. The number of likely N-dealkylation sites (tertiary alicyclic amines) is 1. The summed E-state index contributed by atoms with van der Waals surface area (Å²) in [6.07, 6.45) is 2.96. The van der Waals surface area contributed by atoms with Crippen molar-refractivity contribution in [1.29, 1.82) is 0 Å².